The van der Waals surface area contributed by atoms with Gasteiger partial charge >= 0.3 is 0 Å². The first-order valence-corrected chi connectivity index (χ1v) is 7.49. The monoisotopic (exact) mass is 286 g/mol. The van der Waals surface area contributed by atoms with Crippen LogP contribution >= 0.6 is 0 Å². The van der Waals surface area contributed by atoms with Crippen molar-refractivity contribution >= 4 is 15.9 Å². The van der Waals surface area contributed by atoms with Crippen LogP contribution in [-0.2, 0) is 20.6 Å². The maximum Gasteiger partial charge on any atom is 0.224 e. The second-order valence-electron chi connectivity index (χ2n) is 4.68. The highest BCUT2D eigenvalue weighted by molar-refractivity contribution is 7.88. The van der Waals surface area contributed by atoms with Crippen LogP contribution in [-0.4, -0.2) is 38.9 Å². The number of nitrogens with zero attached hydrogens (tertiary/aromatic N) is 1. The van der Waals surface area contributed by atoms with Crippen LogP contribution < -0.4 is 4.72 Å². The van der Waals surface area contributed by atoms with E-state index < -0.39 is 21.9 Å². The van der Waals surface area contributed by atoms with E-state index in [1.54, 1.807) is 13.1 Å². The first-order chi connectivity index (χ1) is 8.85. The lowest BCUT2D eigenvalue weighted by Gasteiger charge is -2.12. The second kappa shape index (κ2) is 5.26. The number of likely N-dealkylation sites (N-methyl/N-ethyl adjacent to an activating group) is 1. The van der Waals surface area contributed by atoms with Crippen molar-refractivity contribution in [3.8, 4) is 0 Å². The molecule has 0 aromatic heterocycles. The maximum absolute atomic E-state index is 13.0. The van der Waals surface area contributed by atoms with Gasteiger partial charge in [-0.05, 0) is 17.7 Å². The van der Waals surface area contributed by atoms with E-state index in [1.807, 2.05) is 0 Å². The number of carbonyl (C=O) groups excluding carboxylic acids is 1. The molecule has 1 N–H and O–H groups in total. The van der Waals surface area contributed by atoms with Gasteiger partial charge in [0.15, 0.2) is 0 Å². The van der Waals surface area contributed by atoms with Crippen molar-refractivity contribution in [2.45, 2.75) is 18.2 Å². The third-order valence-corrected chi connectivity index (χ3v) is 4.34. The largest absolute Gasteiger partial charge is 0.344 e. The van der Waals surface area contributed by atoms with Crippen molar-refractivity contribution in [3.05, 3.63) is 35.6 Å². The zero-order valence-electron chi connectivity index (χ0n) is 10.5. The summed E-state index contributed by atoms with van der Waals surface area (Å²) in [6.45, 7) is 0.362. The van der Waals surface area contributed by atoms with Crippen LogP contribution in [0.15, 0.2) is 24.3 Å². The fourth-order valence-corrected chi connectivity index (χ4v) is 3.45. The minimum absolute atomic E-state index is 0.0848. The Balaban J connectivity index is 2.01. The summed E-state index contributed by atoms with van der Waals surface area (Å²) in [7, 11) is -1.95. The summed E-state index contributed by atoms with van der Waals surface area (Å²) in [6, 6.07) is 5.05. The van der Waals surface area contributed by atoms with E-state index in [-0.39, 0.29) is 18.1 Å². The van der Waals surface area contributed by atoms with Gasteiger partial charge in [0.1, 0.15) is 5.82 Å². The van der Waals surface area contributed by atoms with Crippen molar-refractivity contribution < 1.29 is 17.6 Å². The highest BCUT2D eigenvalue weighted by Crippen LogP contribution is 2.12. The second-order valence-corrected chi connectivity index (χ2v) is 6.44. The van der Waals surface area contributed by atoms with Crippen molar-refractivity contribution in [3.63, 3.8) is 0 Å². The predicted octanol–water partition coefficient (Wildman–Crippen LogP) is 0.476. The molecule has 1 aromatic rings. The van der Waals surface area contributed by atoms with Gasteiger partial charge < -0.3 is 4.90 Å². The topological polar surface area (TPSA) is 66.5 Å². The molecule has 0 unspecified atom stereocenters. The van der Waals surface area contributed by atoms with Crippen molar-refractivity contribution in [2.75, 3.05) is 13.6 Å². The van der Waals surface area contributed by atoms with Crippen molar-refractivity contribution in [1.82, 2.24) is 9.62 Å². The van der Waals surface area contributed by atoms with Crippen LogP contribution in [0.2, 0.25) is 0 Å². The fourth-order valence-electron chi connectivity index (χ4n) is 2.08. The number of halogens is 1. The van der Waals surface area contributed by atoms with E-state index in [2.05, 4.69) is 4.72 Å². The van der Waals surface area contributed by atoms with Crippen LogP contribution in [0.5, 0.6) is 0 Å². The third kappa shape index (κ3) is 3.74. The predicted molar refractivity (Wildman–Crippen MR) is 68.2 cm³/mol. The standard InChI is InChI=1S/C12H15FN2O3S/c1-15-7-11(6-12(15)16)14-19(17,18)8-9-3-2-4-10(13)5-9/h2-5,11,14H,6-8H2,1H3/t11-/m0/s1. The fraction of sp³-hybridized carbons (Fsp3) is 0.417. The summed E-state index contributed by atoms with van der Waals surface area (Å²) in [6.07, 6.45) is 0.166. The average Bonchev–Trinajstić information content (AvgIpc) is 2.55. The Morgan fingerprint density at radius 1 is 1.47 bits per heavy atom. The number of sulfonamides is 1. The van der Waals surface area contributed by atoms with Gasteiger partial charge in [-0.25, -0.2) is 17.5 Å². The highest BCUT2D eigenvalue weighted by Gasteiger charge is 2.29. The number of hydrogen-bond acceptors (Lipinski definition) is 3. The molecule has 1 aliphatic heterocycles. The van der Waals surface area contributed by atoms with E-state index in [0.717, 1.165) is 0 Å². The molecule has 0 saturated carbocycles. The summed E-state index contributed by atoms with van der Waals surface area (Å²) in [5, 5.41) is 0. The maximum atomic E-state index is 13.0. The summed E-state index contributed by atoms with van der Waals surface area (Å²) in [5.41, 5.74) is 0.380. The molecule has 1 aromatic carbocycles. The Kier molecular flexibility index (Phi) is 3.86. The van der Waals surface area contributed by atoms with E-state index in [1.165, 1.54) is 23.1 Å². The van der Waals surface area contributed by atoms with Crippen molar-refractivity contribution in [2.24, 2.45) is 0 Å². The first kappa shape index (κ1) is 14.0. The molecule has 1 atom stereocenters. The van der Waals surface area contributed by atoms with Gasteiger partial charge in [-0.2, -0.15) is 0 Å². The average molecular weight is 286 g/mol. The SMILES string of the molecule is CN1C[C@@H](NS(=O)(=O)Cc2cccc(F)c2)CC1=O. The lowest BCUT2D eigenvalue weighted by atomic mass is 10.2. The Morgan fingerprint density at radius 3 is 2.79 bits per heavy atom. The smallest absolute Gasteiger partial charge is 0.224 e. The molecular weight excluding hydrogens is 271 g/mol. The molecule has 2 rings (SSSR count). The molecule has 0 aliphatic carbocycles. The number of carbonyl (C=O) groups is 1. The van der Waals surface area contributed by atoms with E-state index in [9.17, 15) is 17.6 Å². The van der Waals surface area contributed by atoms with Crippen LogP contribution in [0.25, 0.3) is 0 Å². The van der Waals surface area contributed by atoms with Gasteiger partial charge in [-0.3, -0.25) is 4.79 Å². The minimum Gasteiger partial charge on any atom is -0.344 e. The molecule has 1 fully saturated rings. The first-order valence-electron chi connectivity index (χ1n) is 5.84. The molecule has 19 heavy (non-hydrogen) atoms. The zero-order chi connectivity index (χ0) is 14.0. The number of amides is 1. The van der Waals surface area contributed by atoms with Crippen LogP contribution in [0.1, 0.15) is 12.0 Å². The molecule has 1 aliphatic rings. The molecule has 1 amide bonds. The summed E-state index contributed by atoms with van der Waals surface area (Å²) < 4.78 is 39.3. The van der Waals surface area contributed by atoms with Gasteiger partial charge in [0.25, 0.3) is 0 Å². The molecular formula is C12H15FN2O3S. The molecule has 5 nitrogen and oxygen atoms in total. The molecule has 104 valence electrons. The lowest BCUT2D eigenvalue weighted by molar-refractivity contribution is -0.126. The summed E-state index contributed by atoms with van der Waals surface area (Å²) in [5.74, 6) is -0.846. The normalized spacial score (nSPS) is 20.0. The Hall–Kier alpha value is -1.47. The van der Waals surface area contributed by atoms with Crippen molar-refractivity contribution in [1.29, 1.82) is 0 Å². The van der Waals surface area contributed by atoms with Crippen LogP contribution in [0.3, 0.4) is 0 Å². The Bertz CT molecular complexity index is 588. The summed E-state index contributed by atoms with van der Waals surface area (Å²) in [4.78, 5) is 12.8. The van der Waals surface area contributed by atoms with E-state index in [0.29, 0.717) is 12.1 Å². The van der Waals surface area contributed by atoms with Gasteiger partial charge in [0, 0.05) is 26.1 Å². The molecule has 1 saturated heterocycles. The molecule has 7 heteroatoms. The minimum atomic E-state index is -3.58. The van der Waals surface area contributed by atoms with Gasteiger partial charge in [-0.1, -0.05) is 12.1 Å². The summed E-state index contributed by atoms with van der Waals surface area (Å²) >= 11 is 0. The van der Waals surface area contributed by atoms with E-state index >= 15 is 0 Å². The number of hydrogen-bond donors (Lipinski definition) is 1. The quantitative estimate of drug-likeness (QED) is 0.875. The highest BCUT2D eigenvalue weighted by atomic mass is 32.2. The third-order valence-electron chi connectivity index (χ3n) is 2.93. The van der Waals surface area contributed by atoms with Gasteiger partial charge in [-0.15, -0.1) is 0 Å². The van der Waals surface area contributed by atoms with Gasteiger partial charge in [0.05, 0.1) is 5.75 Å². The molecule has 1 heterocycles. The number of rotatable bonds is 4. The Morgan fingerprint density at radius 2 is 2.21 bits per heavy atom. The number of likely N-dealkylation sites (tertiary alicyclic amines) is 1. The Labute approximate surface area is 111 Å². The zero-order valence-corrected chi connectivity index (χ0v) is 11.3. The number of benzene rings is 1. The van der Waals surface area contributed by atoms with Crippen LogP contribution in [0, 0.1) is 5.82 Å². The lowest BCUT2D eigenvalue weighted by Crippen LogP contribution is -2.37. The molecule has 0 bridgehead atoms. The molecule has 0 spiro atoms. The number of nitrogens with one attached hydrogen (secondary N) is 1. The molecule has 0 radical (unpaired) electrons. The van der Waals surface area contributed by atoms with Gasteiger partial charge in [0.2, 0.25) is 15.9 Å². The van der Waals surface area contributed by atoms with E-state index in [4.69, 9.17) is 0 Å². The van der Waals surface area contributed by atoms with Crippen LogP contribution in [0.4, 0.5) is 4.39 Å².